The number of fused-ring (bicyclic) bond motifs is 1. The number of aryl methyl sites for hydroxylation is 2. The maximum atomic E-state index is 4.76. The van der Waals surface area contributed by atoms with Crippen LogP contribution in [0.25, 0.3) is 0 Å². The van der Waals surface area contributed by atoms with Gasteiger partial charge in [0.2, 0.25) is 0 Å². The Morgan fingerprint density at radius 1 is 0.955 bits per heavy atom. The third-order valence-electron chi connectivity index (χ3n) is 5.20. The molecule has 114 valence electrons. The lowest BCUT2D eigenvalue weighted by molar-refractivity contribution is 0.280. The Bertz CT molecular complexity index is 773. The Labute approximate surface area is 133 Å². The minimum atomic E-state index is -0.191. The average molecular weight is 292 g/mol. The summed E-state index contributed by atoms with van der Waals surface area (Å²) < 4.78 is 0. The summed E-state index contributed by atoms with van der Waals surface area (Å²) in [7, 11) is 2.14. The van der Waals surface area contributed by atoms with Crippen LogP contribution in [0.5, 0.6) is 0 Å². The predicted octanol–water partition coefficient (Wildman–Crippen LogP) is 4.87. The highest BCUT2D eigenvalue weighted by Gasteiger charge is 2.40. The zero-order valence-corrected chi connectivity index (χ0v) is 14.4. The molecular weight excluding hydrogens is 268 g/mol. The molecule has 2 nitrogen and oxygen atoms in total. The fourth-order valence-electron chi connectivity index (χ4n) is 3.61. The van der Waals surface area contributed by atoms with Gasteiger partial charge in [-0.05, 0) is 57.4 Å². The van der Waals surface area contributed by atoms with E-state index < -0.39 is 0 Å². The van der Waals surface area contributed by atoms with Crippen molar-refractivity contribution < 1.29 is 0 Å². The van der Waals surface area contributed by atoms with Gasteiger partial charge in [0.15, 0.2) is 0 Å². The number of hydrogen-bond acceptors (Lipinski definition) is 2. The Balaban J connectivity index is 2.35. The summed E-state index contributed by atoms with van der Waals surface area (Å²) in [5.41, 5.74) is 7.56. The van der Waals surface area contributed by atoms with Crippen LogP contribution in [0.1, 0.15) is 41.7 Å². The first-order valence-corrected chi connectivity index (χ1v) is 7.82. The number of rotatable bonds is 1. The van der Waals surface area contributed by atoms with E-state index in [2.05, 4.69) is 83.0 Å². The minimum Gasteiger partial charge on any atom is -0.350 e. The van der Waals surface area contributed by atoms with Crippen molar-refractivity contribution in [3.05, 3.63) is 64.2 Å². The van der Waals surface area contributed by atoms with E-state index in [0.717, 1.165) is 11.5 Å². The molecule has 0 spiro atoms. The van der Waals surface area contributed by atoms with Crippen molar-refractivity contribution >= 4 is 11.5 Å². The molecule has 0 saturated heterocycles. The molecule has 22 heavy (non-hydrogen) atoms. The van der Waals surface area contributed by atoms with E-state index in [-0.39, 0.29) is 5.54 Å². The zero-order chi connectivity index (χ0) is 16.1. The molecule has 0 aromatic heterocycles. The van der Waals surface area contributed by atoms with Crippen LogP contribution >= 0.6 is 0 Å². The van der Waals surface area contributed by atoms with E-state index in [4.69, 9.17) is 4.99 Å². The molecule has 0 bridgehead atoms. The van der Waals surface area contributed by atoms with Gasteiger partial charge in [-0.15, -0.1) is 0 Å². The molecule has 1 heterocycles. The van der Waals surface area contributed by atoms with Crippen molar-refractivity contribution in [3.63, 3.8) is 0 Å². The van der Waals surface area contributed by atoms with Crippen LogP contribution in [0.15, 0.2) is 41.4 Å². The van der Waals surface area contributed by atoms with Gasteiger partial charge in [-0.1, -0.05) is 35.9 Å². The van der Waals surface area contributed by atoms with E-state index in [9.17, 15) is 0 Å². The summed E-state index contributed by atoms with van der Waals surface area (Å²) in [5.74, 6) is 1.06. The molecule has 0 fully saturated rings. The Morgan fingerprint density at radius 2 is 1.64 bits per heavy atom. The van der Waals surface area contributed by atoms with Crippen molar-refractivity contribution in [2.45, 2.75) is 40.2 Å². The minimum absolute atomic E-state index is 0.191. The van der Waals surface area contributed by atoms with Gasteiger partial charge in [0, 0.05) is 12.6 Å². The fourth-order valence-corrected chi connectivity index (χ4v) is 3.61. The van der Waals surface area contributed by atoms with Gasteiger partial charge in [0.25, 0.3) is 0 Å². The third kappa shape index (κ3) is 1.98. The molecule has 1 unspecified atom stereocenters. The van der Waals surface area contributed by atoms with Gasteiger partial charge < -0.3 is 4.90 Å². The van der Waals surface area contributed by atoms with E-state index in [1.165, 1.54) is 27.8 Å². The summed E-state index contributed by atoms with van der Waals surface area (Å²) >= 11 is 0. The van der Waals surface area contributed by atoms with Crippen LogP contribution in [0.4, 0.5) is 5.69 Å². The highest BCUT2D eigenvalue weighted by atomic mass is 15.2. The van der Waals surface area contributed by atoms with Gasteiger partial charge >= 0.3 is 0 Å². The van der Waals surface area contributed by atoms with Crippen LogP contribution in [0, 0.1) is 20.8 Å². The number of aliphatic imine (C=N–C) groups is 1. The van der Waals surface area contributed by atoms with Gasteiger partial charge in [0.1, 0.15) is 5.84 Å². The van der Waals surface area contributed by atoms with Crippen molar-refractivity contribution in [1.29, 1.82) is 0 Å². The molecule has 0 N–H and O–H groups in total. The molecule has 2 heteroatoms. The standard InChI is InChI=1S/C20H24N2/c1-13-11-14(2)15(3)18(12-13)20(5)17-9-7-8-10-19(17)21-16(4)22(20)6/h7-12H,1-6H3. The van der Waals surface area contributed by atoms with Gasteiger partial charge in [0.05, 0.1) is 11.2 Å². The molecule has 1 aliphatic heterocycles. The highest BCUT2D eigenvalue weighted by Crippen LogP contribution is 2.44. The molecule has 0 radical (unpaired) electrons. The Hall–Kier alpha value is -2.09. The normalized spacial score (nSPS) is 20.6. The smallest absolute Gasteiger partial charge is 0.102 e. The summed E-state index contributed by atoms with van der Waals surface area (Å²) in [6, 6.07) is 13.1. The first-order valence-electron chi connectivity index (χ1n) is 7.82. The molecule has 2 aromatic rings. The maximum Gasteiger partial charge on any atom is 0.102 e. The fraction of sp³-hybridized carbons (Fsp3) is 0.350. The molecule has 0 aliphatic carbocycles. The lowest BCUT2D eigenvalue weighted by Crippen LogP contribution is -2.47. The number of nitrogens with zero attached hydrogens (tertiary/aromatic N) is 2. The number of hydrogen-bond donors (Lipinski definition) is 0. The zero-order valence-electron chi connectivity index (χ0n) is 14.4. The number of amidine groups is 1. The van der Waals surface area contributed by atoms with E-state index in [1.54, 1.807) is 0 Å². The monoisotopic (exact) mass is 292 g/mol. The molecule has 1 aliphatic rings. The van der Waals surface area contributed by atoms with Gasteiger partial charge in [-0.2, -0.15) is 0 Å². The average Bonchev–Trinajstić information content (AvgIpc) is 2.48. The van der Waals surface area contributed by atoms with E-state index in [1.807, 2.05) is 0 Å². The second-order valence-electron chi connectivity index (χ2n) is 6.56. The second-order valence-corrected chi connectivity index (χ2v) is 6.56. The molecule has 3 rings (SSSR count). The van der Waals surface area contributed by atoms with Crippen molar-refractivity contribution in [2.75, 3.05) is 7.05 Å². The number of benzene rings is 2. The van der Waals surface area contributed by atoms with Crippen LogP contribution in [0.2, 0.25) is 0 Å². The van der Waals surface area contributed by atoms with Crippen LogP contribution in [-0.4, -0.2) is 17.8 Å². The molecular formula is C20H24N2. The quantitative estimate of drug-likeness (QED) is 0.732. The summed E-state index contributed by atoms with van der Waals surface area (Å²) in [6.07, 6.45) is 0. The SMILES string of the molecule is CC1=Nc2ccccc2C(C)(c2cc(C)cc(C)c2C)N1C. The second kappa shape index (κ2) is 4.98. The highest BCUT2D eigenvalue weighted by molar-refractivity contribution is 5.87. The third-order valence-corrected chi connectivity index (χ3v) is 5.20. The Kier molecular flexibility index (Phi) is 3.36. The molecule has 0 saturated carbocycles. The van der Waals surface area contributed by atoms with Crippen LogP contribution in [-0.2, 0) is 5.54 Å². The first-order chi connectivity index (χ1) is 10.4. The number of para-hydroxylation sites is 1. The van der Waals surface area contributed by atoms with Crippen molar-refractivity contribution in [1.82, 2.24) is 4.90 Å². The largest absolute Gasteiger partial charge is 0.350 e. The lowest BCUT2D eigenvalue weighted by Gasteiger charge is -2.45. The Morgan fingerprint density at radius 3 is 2.36 bits per heavy atom. The van der Waals surface area contributed by atoms with Crippen molar-refractivity contribution in [2.24, 2.45) is 4.99 Å². The topological polar surface area (TPSA) is 15.6 Å². The first kappa shape index (κ1) is 14.8. The predicted molar refractivity (Wildman–Crippen MR) is 94.1 cm³/mol. The maximum absolute atomic E-state index is 4.76. The van der Waals surface area contributed by atoms with Gasteiger partial charge in [-0.3, -0.25) is 0 Å². The molecule has 2 aromatic carbocycles. The summed E-state index contributed by atoms with van der Waals surface area (Å²) in [4.78, 5) is 7.07. The van der Waals surface area contributed by atoms with Gasteiger partial charge in [-0.25, -0.2) is 4.99 Å². The molecule has 1 atom stereocenters. The van der Waals surface area contributed by atoms with Crippen LogP contribution < -0.4 is 0 Å². The molecule has 0 amide bonds. The summed E-state index contributed by atoms with van der Waals surface area (Å²) in [6.45, 7) is 11.0. The van der Waals surface area contributed by atoms with E-state index in [0.29, 0.717) is 0 Å². The lowest BCUT2D eigenvalue weighted by atomic mass is 9.77. The van der Waals surface area contributed by atoms with Crippen LogP contribution in [0.3, 0.4) is 0 Å². The van der Waals surface area contributed by atoms with Crippen molar-refractivity contribution in [3.8, 4) is 0 Å². The van der Waals surface area contributed by atoms with E-state index >= 15 is 0 Å². The summed E-state index contributed by atoms with van der Waals surface area (Å²) in [5, 5.41) is 0.